The Morgan fingerprint density at radius 2 is 2.21 bits per heavy atom. The first-order chi connectivity index (χ1) is 8.89. The molecule has 0 aliphatic rings. The molecule has 1 aromatic carbocycles. The van der Waals surface area contributed by atoms with Gasteiger partial charge in [0, 0.05) is 19.2 Å². The molecule has 1 aromatic rings. The fraction of sp³-hybridized carbons (Fsp3) is 0.462. The molecule has 0 aliphatic heterocycles. The van der Waals surface area contributed by atoms with Crippen molar-refractivity contribution in [3.8, 4) is 6.07 Å². The Morgan fingerprint density at radius 3 is 2.74 bits per heavy atom. The van der Waals surface area contributed by atoms with Crippen LogP contribution in [-0.2, 0) is 0 Å². The number of rotatable bonds is 6. The van der Waals surface area contributed by atoms with Gasteiger partial charge in [0.2, 0.25) is 0 Å². The van der Waals surface area contributed by atoms with Gasteiger partial charge in [-0.3, -0.25) is 10.1 Å². The number of hydrogen-bond acceptors (Lipinski definition) is 5. The van der Waals surface area contributed by atoms with Gasteiger partial charge in [-0.05, 0) is 24.0 Å². The number of hydrogen-bond donors (Lipinski definition) is 2. The molecule has 102 valence electrons. The van der Waals surface area contributed by atoms with E-state index in [2.05, 4.69) is 5.32 Å². The van der Waals surface area contributed by atoms with E-state index in [1.807, 2.05) is 19.9 Å². The molecule has 0 bridgehead atoms. The maximum Gasteiger partial charge on any atom is 0.292 e. The van der Waals surface area contributed by atoms with Crippen LogP contribution in [0.1, 0.15) is 25.8 Å². The van der Waals surface area contributed by atoms with Crippen molar-refractivity contribution in [2.24, 2.45) is 5.41 Å². The molecule has 0 radical (unpaired) electrons. The Bertz CT molecular complexity index is 506. The molecule has 0 unspecified atom stereocenters. The first-order valence-corrected chi connectivity index (χ1v) is 5.93. The van der Waals surface area contributed by atoms with Crippen LogP contribution in [0, 0.1) is 26.9 Å². The van der Waals surface area contributed by atoms with E-state index < -0.39 is 4.92 Å². The van der Waals surface area contributed by atoms with Crippen molar-refractivity contribution in [1.82, 2.24) is 0 Å². The Labute approximate surface area is 111 Å². The normalized spacial score (nSPS) is 10.8. The summed E-state index contributed by atoms with van der Waals surface area (Å²) in [7, 11) is 0. The van der Waals surface area contributed by atoms with Crippen LogP contribution in [0.3, 0.4) is 0 Å². The van der Waals surface area contributed by atoms with Crippen LogP contribution in [0.2, 0.25) is 0 Å². The van der Waals surface area contributed by atoms with Crippen molar-refractivity contribution >= 4 is 11.4 Å². The Balaban J connectivity index is 2.93. The average molecular weight is 263 g/mol. The lowest BCUT2D eigenvalue weighted by Gasteiger charge is -2.24. The summed E-state index contributed by atoms with van der Waals surface area (Å²) < 4.78 is 0. The van der Waals surface area contributed by atoms with E-state index in [1.54, 1.807) is 0 Å². The van der Waals surface area contributed by atoms with Gasteiger partial charge in [-0.15, -0.1) is 0 Å². The number of benzene rings is 1. The van der Waals surface area contributed by atoms with Crippen LogP contribution in [0.4, 0.5) is 11.4 Å². The summed E-state index contributed by atoms with van der Waals surface area (Å²) in [6, 6.07) is 6.16. The zero-order valence-electron chi connectivity index (χ0n) is 11.0. The maximum absolute atomic E-state index is 10.9. The predicted octanol–water partition coefficient (Wildman–Crippen LogP) is 2.29. The minimum Gasteiger partial charge on any atom is -0.396 e. The van der Waals surface area contributed by atoms with Gasteiger partial charge in [-0.2, -0.15) is 5.26 Å². The summed E-state index contributed by atoms with van der Waals surface area (Å²) in [5, 5.41) is 31.7. The van der Waals surface area contributed by atoms with Crippen LogP contribution < -0.4 is 5.32 Å². The van der Waals surface area contributed by atoms with Crippen LogP contribution >= 0.6 is 0 Å². The third-order valence-corrected chi connectivity index (χ3v) is 2.87. The van der Waals surface area contributed by atoms with Crippen molar-refractivity contribution < 1.29 is 10.0 Å². The second-order valence-corrected chi connectivity index (χ2v) is 5.09. The van der Waals surface area contributed by atoms with E-state index in [0.29, 0.717) is 24.2 Å². The van der Waals surface area contributed by atoms with Gasteiger partial charge < -0.3 is 10.4 Å². The highest BCUT2D eigenvalue weighted by Gasteiger charge is 2.20. The largest absolute Gasteiger partial charge is 0.396 e. The molecule has 0 heterocycles. The number of nitrogens with one attached hydrogen (secondary N) is 1. The van der Waals surface area contributed by atoms with Gasteiger partial charge in [0.1, 0.15) is 5.69 Å². The lowest BCUT2D eigenvalue weighted by molar-refractivity contribution is -0.384. The molecule has 0 spiro atoms. The lowest BCUT2D eigenvalue weighted by atomic mass is 9.89. The number of anilines is 1. The summed E-state index contributed by atoms with van der Waals surface area (Å²) in [4.78, 5) is 10.4. The van der Waals surface area contributed by atoms with Crippen molar-refractivity contribution in [3.05, 3.63) is 33.9 Å². The highest BCUT2D eigenvalue weighted by atomic mass is 16.6. The molecule has 0 fully saturated rings. The van der Waals surface area contributed by atoms with Crippen LogP contribution in [-0.4, -0.2) is 23.2 Å². The third kappa shape index (κ3) is 4.23. The fourth-order valence-electron chi connectivity index (χ4n) is 1.63. The van der Waals surface area contributed by atoms with Crippen LogP contribution in [0.15, 0.2) is 18.2 Å². The first-order valence-electron chi connectivity index (χ1n) is 5.93. The van der Waals surface area contributed by atoms with Gasteiger partial charge in [0.15, 0.2) is 0 Å². The van der Waals surface area contributed by atoms with E-state index in [1.165, 1.54) is 18.2 Å². The van der Waals surface area contributed by atoms with Crippen molar-refractivity contribution in [3.63, 3.8) is 0 Å². The molecular weight excluding hydrogens is 246 g/mol. The van der Waals surface area contributed by atoms with Crippen molar-refractivity contribution in [2.75, 3.05) is 18.5 Å². The number of aliphatic hydroxyl groups is 1. The first kappa shape index (κ1) is 14.9. The van der Waals surface area contributed by atoms with Gasteiger partial charge in [0.25, 0.3) is 5.69 Å². The minimum atomic E-state index is -0.484. The summed E-state index contributed by atoms with van der Waals surface area (Å²) in [6.07, 6.45) is 0.589. The van der Waals surface area contributed by atoms with E-state index >= 15 is 0 Å². The topological polar surface area (TPSA) is 99.2 Å². The zero-order chi connectivity index (χ0) is 14.5. The number of aliphatic hydroxyl groups excluding tert-OH is 1. The summed E-state index contributed by atoms with van der Waals surface area (Å²) in [5.74, 6) is 0. The van der Waals surface area contributed by atoms with E-state index in [4.69, 9.17) is 10.4 Å². The monoisotopic (exact) mass is 263 g/mol. The summed E-state index contributed by atoms with van der Waals surface area (Å²) >= 11 is 0. The molecule has 0 amide bonds. The quantitative estimate of drug-likeness (QED) is 0.606. The Hall–Kier alpha value is -2.13. The molecule has 2 N–H and O–H groups in total. The summed E-state index contributed by atoms with van der Waals surface area (Å²) in [5.41, 5.74) is 0.451. The molecule has 1 rings (SSSR count). The van der Waals surface area contributed by atoms with E-state index in [0.717, 1.165) is 0 Å². The van der Waals surface area contributed by atoms with Gasteiger partial charge in [-0.1, -0.05) is 13.8 Å². The molecular formula is C13H17N3O3. The fourth-order valence-corrected chi connectivity index (χ4v) is 1.63. The predicted molar refractivity (Wildman–Crippen MR) is 71.8 cm³/mol. The van der Waals surface area contributed by atoms with Gasteiger partial charge in [0.05, 0.1) is 16.6 Å². The molecule has 0 aromatic heterocycles. The van der Waals surface area contributed by atoms with Gasteiger partial charge in [-0.25, -0.2) is 0 Å². The smallest absolute Gasteiger partial charge is 0.292 e. The molecule has 19 heavy (non-hydrogen) atoms. The van der Waals surface area contributed by atoms with Gasteiger partial charge >= 0.3 is 0 Å². The highest BCUT2D eigenvalue weighted by Crippen LogP contribution is 2.28. The molecule has 0 atom stereocenters. The number of nitro benzene ring substituents is 1. The van der Waals surface area contributed by atoms with Crippen molar-refractivity contribution in [2.45, 2.75) is 20.3 Å². The Kier molecular flexibility index (Phi) is 4.84. The lowest BCUT2D eigenvalue weighted by Crippen LogP contribution is -2.24. The molecule has 6 heteroatoms. The van der Waals surface area contributed by atoms with Crippen LogP contribution in [0.25, 0.3) is 0 Å². The van der Waals surface area contributed by atoms with Crippen LogP contribution in [0.5, 0.6) is 0 Å². The third-order valence-electron chi connectivity index (χ3n) is 2.87. The number of nitro groups is 1. The number of nitrogens with zero attached hydrogens (tertiary/aromatic N) is 2. The molecule has 0 saturated carbocycles. The second-order valence-electron chi connectivity index (χ2n) is 5.09. The van der Waals surface area contributed by atoms with Crippen molar-refractivity contribution in [1.29, 1.82) is 5.26 Å². The van der Waals surface area contributed by atoms with E-state index in [-0.39, 0.29) is 17.7 Å². The SMILES string of the molecule is CC(C)(CCO)CNc1cc(C#N)ccc1[N+](=O)[O-]. The van der Waals surface area contributed by atoms with E-state index in [9.17, 15) is 10.1 Å². The molecule has 0 saturated heterocycles. The number of nitriles is 1. The standard InChI is InChI=1S/C13H17N3O3/c1-13(2,5-6-17)9-15-11-7-10(8-14)3-4-12(11)16(18)19/h3-4,7,15,17H,5-6,9H2,1-2H3. The second kappa shape index (κ2) is 6.16. The highest BCUT2D eigenvalue weighted by molar-refractivity contribution is 5.64. The summed E-state index contributed by atoms with van der Waals surface area (Å²) in [6.45, 7) is 4.45. The molecule has 0 aliphatic carbocycles. The maximum atomic E-state index is 10.9. The zero-order valence-corrected chi connectivity index (χ0v) is 11.0. The molecule has 6 nitrogen and oxygen atoms in total. The Morgan fingerprint density at radius 1 is 1.53 bits per heavy atom. The minimum absolute atomic E-state index is 0.0567. The average Bonchev–Trinajstić information content (AvgIpc) is 2.35.